The first kappa shape index (κ1) is 41.0. The van der Waals surface area contributed by atoms with Crippen LogP contribution in [0.1, 0.15) is 144 Å². The van der Waals surface area contributed by atoms with Crippen molar-refractivity contribution in [2.45, 2.75) is 168 Å². The Bertz CT molecular complexity index is 654. The smallest absolute Gasteiger partial charge is 0.387 e. The van der Waals surface area contributed by atoms with E-state index in [1.165, 1.54) is 83.5 Å². The minimum atomic E-state index is -3.60. The molecule has 0 spiro atoms. The van der Waals surface area contributed by atoms with Gasteiger partial charge in [-0.15, -0.1) is 0 Å². The summed E-state index contributed by atoms with van der Waals surface area (Å²) in [5, 5.41) is 28.5. The average molecular weight is 611 g/mol. The molecule has 0 aromatic carbocycles. The number of aliphatic hydroxyl groups is 3. The van der Waals surface area contributed by atoms with Gasteiger partial charge in [-0.3, -0.25) is 4.57 Å². The summed E-state index contributed by atoms with van der Waals surface area (Å²) in [6.07, 6.45) is 18.7. The van der Waals surface area contributed by atoms with Crippen molar-refractivity contribution in [2.24, 2.45) is 0 Å². The second-order valence-electron chi connectivity index (χ2n) is 13.4. The van der Waals surface area contributed by atoms with Crippen LogP contribution in [0.3, 0.4) is 0 Å². The van der Waals surface area contributed by atoms with Crippen LogP contribution in [0.2, 0.25) is 0 Å². The van der Waals surface area contributed by atoms with Gasteiger partial charge in [0.1, 0.15) is 6.10 Å². The molecule has 3 N–H and O–H groups in total. The first-order valence-electron chi connectivity index (χ1n) is 16.6. The van der Waals surface area contributed by atoms with E-state index in [9.17, 15) is 19.9 Å². The van der Waals surface area contributed by atoms with Crippen molar-refractivity contribution in [1.82, 2.24) is 0 Å². The molecule has 248 valence electrons. The van der Waals surface area contributed by atoms with Gasteiger partial charge in [-0.05, 0) is 34.1 Å². The van der Waals surface area contributed by atoms with Crippen molar-refractivity contribution in [3.63, 3.8) is 0 Å². The van der Waals surface area contributed by atoms with E-state index in [0.29, 0.717) is 13.2 Å². The van der Waals surface area contributed by atoms with Crippen LogP contribution in [0.4, 0.5) is 0 Å². The molecule has 9 heteroatoms. The highest BCUT2D eigenvalue weighted by molar-refractivity contribution is 7.54. The fraction of sp³-hybridized carbons (Fsp3) is 1.00. The second kappa shape index (κ2) is 23.3. The predicted octanol–water partition coefficient (Wildman–Crippen LogP) is 7.77. The van der Waals surface area contributed by atoms with Crippen LogP contribution >= 0.6 is 7.60 Å². The fourth-order valence-corrected chi connectivity index (χ4v) is 7.07. The van der Waals surface area contributed by atoms with E-state index in [1.54, 1.807) is 0 Å². The van der Waals surface area contributed by atoms with Crippen LogP contribution in [-0.2, 0) is 18.3 Å². The molecule has 0 radical (unpaired) electrons. The number of rotatable bonds is 28. The summed E-state index contributed by atoms with van der Waals surface area (Å²) in [5.41, 5.74) is -0.479. The van der Waals surface area contributed by atoms with Crippen LogP contribution in [0, 0.1) is 0 Å². The lowest BCUT2D eigenvalue weighted by atomic mass is 10.0. The monoisotopic (exact) mass is 610 g/mol. The van der Waals surface area contributed by atoms with Crippen LogP contribution < -0.4 is 0 Å². The van der Waals surface area contributed by atoms with Crippen molar-refractivity contribution < 1.29 is 38.2 Å². The molecule has 0 heterocycles. The summed E-state index contributed by atoms with van der Waals surface area (Å²) in [7, 11) is 0.174. The summed E-state index contributed by atoms with van der Waals surface area (Å²) in [4.78, 5) is 0. The highest BCUT2D eigenvalue weighted by atomic mass is 31.2. The van der Waals surface area contributed by atoms with E-state index < -0.39 is 31.4 Å². The first-order valence-corrected chi connectivity index (χ1v) is 18.2. The number of hydrogen-bond acceptors (Lipinski definition) is 7. The van der Waals surface area contributed by atoms with Gasteiger partial charge in [0.05, 0.1) is 46.1 Å². The minimum absolute atomic E-state index is 0.0447. The molecule has 2 unspecified atom stereocenters. The van der Waals surface area contributed by atoms with Crippen LogP contribution in [0.5, 0.6) is 0 Å². The molecule has 0 saturated heterocycles. The Balaban J connectivity index is 4.45. The summed E-state index contributed by atoms with van der Waals surface area (Å²) in [6.45, 7) is 10.2. The Labute approximate surface area is 253 Å². The molecule has 0 aromatic heterocycles. The van der Waals surface area contributed by atoms with E-state index in [4.69, 9.17) is 13.8 Å². The minimum Gasteiger partial charge on any atom is -0.394 e. The SMILES string of the molecule is CCCCCCCCCCCCCCCCCCOP(=O)(OC[C@@H](CO)OC(C)(C)C)C(C)[N+](C)(C)CCC(O)O. The lowest BCUT2D eigenvalue weighted by Gasteiger charge is -2.39. The summed E-state index contributed by atoms with van der Waals surface area (Å²) in [5.74, 6) is -0.531. The summed E-state index contributed by atoms with van der Waals surface area (Å²) >= 11 is 0. The normalized spacial score (nSPS) is 15.8. The second-order valence-corrected chi connectivity index (χ2v) is 15.8. The third-order valence-electron chi connectivity index (χ3n) is 7.87. The number of ether oxygens (including phenoxy) is 1. The quantitative estimate of drug-likeness (QED) is 0.0360. The highest BCUT2D eigenvalue weighted by Gasteiger charge is 2.44. The number of nitrogens with zero attached hydrogens (tertiary/aromatic N) is 1. The summed E-state index contributed by atoms with van der Waals surface area (Å²) < 4.78 is 32.0. The van der Waals surface area contributed by atoms with Crippen molar-refractivity contribution in [1.29, 1.82) is 0 Å². The Kier molecular flexibility index (Phi) is 23.3. The summed E-state index contributed by atoms with van der Waals surface area (Å²) in [6, 6.07) is 0. The van der Waals surface area contributed by atoms with E-state index in [-0.39, 0.29) is 24.1 Å². The van der Waals surface area contributed by atoms with Crippen molar-refractivity contribution >= 4 is 7.60 Å². The van der Waals surface area contributed by atoms with E-state index in [1.807, 2.05) is 41.8 Å². The van der Waals surface area contributed by atoms with E-state index in [0.717, 1.165) is 19.3 Å². The highest BCUT2D eigenvalue weighted by Crippen LogP contribution is 2.55. The van der Waals surface area contributed by atoms with Gasteiger partial charge in [0.2, 0.25) is 0 Å². The maximum Gasteiger partial charge on any atom is 0.387 e. The number of quaternary nitrogens is 1. The third kappa shape index (κ3) is 22.2. The fourth-order valence-electron chi connectivity index (χ4n) is 4.92. The molecule has 0 aromatic rings. The van der Waals surface area contributed by atoms with Gasteiger partial charge in [0, 0.05) is 6.42 Å². The van der Waals surface area contributed by atoms with Crippen LogP contribution in [-0.4, -0.2) is 84.0 Å². The number of aliphatic hydroxyl groups excluding tert-OH is 2. The molecule has 0 amide bonds. The third-order valence-corrected chi connectivity index (χ3v) is 10.5. The number of hydrogen-bond donors (Lipinski definition) is 3. The van der Waals surface area contributed by atoms with Crippen LogP contribution in [0.15, 0.2) is 0 Å². The zero-order chi connectivity index (χ0) is 31.2. The molecule has 0 aliphatic rings. The van der Waals surface area contributed by atoms with Gasteiger partial charge < -0.3 is 33.6 Å². The Hall–Kier alpha value is -0.0500. The van der Waals surface area contributed by atoms with Gasteiger partial charge in [0.25, 0.3) is 0 Å². The zero-order valence-corrected chi connectivity index (χ0v) is 28.8. The first-order chi connectivity index (χ1) is 19.3. The Morgan fingerprint density at radius 3 is 1.59 bits per heavy atom. The van der Waals surface area contributed by atoms with Crippen molar-refractivity contribution in [3.05, 3.63) is 0 Å². The van der Waals surface area contributed by atoms with Gasteiger partial charge in [0.15, 0.2) is 12.1 Å². The Morgan fingerprint density at radius 2 is 1.20 bits per heavy atom. The molecule has 0 bridgehead atoms. The predicted molar refractivity (Wildman–Crippen MR) is 170 cm³/mol. The molecule has 0 rings (SSSR count). The van der Waals surface area contributed by atoms with Gasteiger partial charge >= 0.3 is 7.60 Å². The molecule has 0 fully saturated rings. The standard InChI is InChI=1S/C32H69NO7P/c1-8-9-10-11-12-13-14-15-16-17-18-19-20-21-22-23-26-38-41(37,29(2)33(6,7)25-24-31(35)36)39-28-30(27-34)40-32(3,4)5/h29-31,34-36H,8-28H2,1-7H3/q+1/t29?,30-,41?/m1/s1. The van der Waals surface area contributed by atoms with Gasteiger partial charge in [-0.25, -0.2) is 0 Å². The molecule has 8 nitrogen and oxygen atoms in total. The van der Waals surface area contributed by atoms with Gasteiger partial charge in [-0.1, -0.05) is 103 Å². The van der Waals surface area contributed by atoms with Crippen molar-refractivity contribution in [2.75, 3.05) is 40.5 Å². The van der Waals surface area contributed by atoms with Crippen molar-refractivity contribution in [3.8, 4) is 0 Å². The molecule has 0 saturated carbocycles. The molecule has 0 aliphatic carbocycles. The average Bonchev–Trinajstić information content (AvgIpc) is 2.90. The zero-order valence-electron chi connectivity index (χ0n) is 28.0. The molecule has 41 heavy (non-hydrogen) atoms. The maximum atomic E-state index is 14.0. The largest absolute Gasteiger partial charge is 0.394 e. The van der Waals surface area contributed by atoms with Crippen LogP contribution in [0.25, 0.3) is 0 Å². The van der Waals surface area contributed by atoms with E-state index >= 15 is 0 Å². The van der Waals surface area contributed by atoms with Gasteiger partial charge in [-0.2, -0.15) is 0 Å². The number of unbranched alkanes of at least 4 members (excludes halogenated alkanes) is 15. The van der Waals surface area contributed by atoms with E-state index in [2.05, 4.69) is 6.92 Å². The molecule has 3 atom stereocenters. The molecular weight excluding hydrogens is 541 g/mol. The maximum absolute atomic E-state index is 14.0. The lowest BCUT2D eigenvalue weighted by Crippen LogP contribution is -2.49. The Morgan fingerprint density at radius 1 is 0.756 bits per heavy atom. The lowest BCUT2D eigenvalue weighted by molar-refractivity contribution is -0.901. The topological polar surface area (TPSA) is 105 Å². The molecular formula is C32H69NO7P+. The molecule has 0 aliphatic heterocycles.